The van der Waals surface area contributed by atoms with Crippen LogP contribution in [0.5, 0.6) is 0 Å². The van der Waals surface area contributed by atoms with Crippen molar-refractivity contribution in [3.63, 3.8) is 0 Å². The van der Waals surface area contributed by atoms with Crippen LogP contribution in [0.25, 0.3) is 0 Å². The summed E-state index contributed by atoms with van der Waals surface area (Å²) in [6.07, 6.45) is 6.90. The average molecular weight is 285 g/mol. The van der Waals surface area contributed by atoms with Crippen LogP contribution in [0.3, 0.4) is 0 Å². The Balaban J connectivity index is 3.08. The van der Waals surface area contributed by atoms with Crippen LogP contribution in [0.2, 0.25) is 0 Å². The van der Waals surface area contributed by atoms with E-state index in [-0.39, 0.29) is 5.91 Å². The first-order valence-corrected chi connectivity index (χ1v) is 7.78. The maximum absolute atomic E-state index is 12.0. The van der Waals surface area contributed by atoms with Crippen LogP contribution < -0.4 is 5.32 Å². The number of carbonyl (C=O) groups is 1. The van der Waals surface area contributed by atoms with E-state index in [4.69, 9.17) is 0 Å². The molecule has 1 unspecified atom stereocenters. The van der Waals surface area contributed by atoms with Gasteiger partial charge >= 0.3 is 0 Å². The first-order chi connectivity index (χ1) is 10.1. The molecule has 0 radical (unpaired) electrons. The number of nitrogens with one attached hydrogen (secondary N) is 1. The minimum absolute atomic E-state index is 0.00860. The second kappa shape index (κ2) is 9.17. The van der Waals surface area contributed by atoms with Gasteiger partial charge in [0.15, 0.2) is 0 Å². The molecule has 0 saturated heterocycles. The fourth-order valence-corrected chi connectivity index (χ4v) is 2.24. The van der Waals surface area contributed by atoms with Crippen molar-refractivity contribution >= 4 is 5.91 Å². The van der Waals surface area contributed by atoms with Crippen molar-refractivity contribution in [1.82, 2.24) is 5.32 Å². The highest BCUT2D eigenvalue weighted by molar-refractivity contribution is 5.96. The molecule has 0 bridgehead atoms. The molecule has 0 spiro atoms. The van der Waals surface area contributed by atoms with E-state index < -0.39 is 0 Å². The number of amides is 1. The quantitative estimate of drug-likeness (QED) is 0.588. The van der Waals surface area contributed by atoms with Gasteiger partial charge in [0.25, 0.3) is 5.91 Å². The molecule has 2 heteroatoms. The average Bonchev–Trinajstić information content (AvgIpc) is 2.53. The van der Waals surface area contributed by atoms with E-state index in [0.29, 0.717) is 5.92 Å². The molecule has 0 aromatic heterocycles. The van der Waals surface area contributed by atoms with Crippen LogP contribution in [0.1, 0.15) is 39.2 Å². The van der Waals surface area contributed by atoms with E-state index in [1.54, 1.807) is 7.05 Å². The van der Waals surface area contributed by atoms with Gasteiger partial charge in [0.05, 0.1) is 0 Å². The van der Waals surface area contributed by atoms with Gasteiger partial charge in [-0.2, -0.15) is 0 Å². The minimum atomic E-state index is -0.00860. The Kier molecular flexibility index (Phi) is 7.52. The molecule has 21 heavy (non-hydrogen) atoms. The molecular formula is C19H27NO. The molecule has 1 rings (SSSR count). The molecule has 1 N–H and O–H groups in total. The molecule has 0 saturated carbocycles. The summed E-state index contributed by atoms with van der Waals surface area (Å²) in [5.74, 6) is 0.459. The lowest BCUT2D eigenvalue weighted by molar-refractivity contribution is -0.116. The fourth-order valence-electron chi connectivity index (χ4n) is 2.24. The van der Waals surface area contributed by atoms with Crippen LogP contribution in [-0.2, 0) is 11.2 Å². The van der Waals surface area contributed by atoms with Crippen LogP contribution in [-0.4, -0.2) is 13.0 Å². The number of rotatable bonds is 7. The first kappa shape index (κ1) is 17.2. The summed E-state index contributed by atoms with van der Waals surface area (Å²) >= 11 is 0. The monoisotopic (exact) mass is 285 g/mol. The number of benzene rings is 1. The van der Waals surface area contributed by atoms with Crippen molar-refractivity contribution in [2.45, 2.75) is 40.0 Å². The Morgan fingerprint density at radius 1 is 1.24 bits per heavy atom. The van der Waals surface area contributed by atoms with Crippen LogP contribution in [0.4, 0.5) is 0 Å². The number of carbonyl (C=O) groups excluding carboxylic acids is 1. The minimum Gasteiger partial charge on any atom is -0.355 e. The Morgan fingerprint density at radius 2 is 1.90 bits per heavy atom. The molecule has 0 heterocycles. The zero-order valence-corrected chi connectivity index (χ0v) is 13.6. The lowest BCUT2D eigenvalue weighted by Gasteiger charge is -2.15. The molecule has 0 aliphatic carbocycles. The number of allylic oxidation sites excluding steroid dienone is 2. The number of hydrogen-bond donors (Lipinski definition) is 1. The third-order valence-corrected chi connectivity index (χ3v) is 3.75. The molecule has 1 amide bonds. The van der Waals surface area contributed by atoms with Crippen LogP contribution >= 0.6 is 0 Å². The zero-order valence-electron chi connectivity index (χ0n) is 13.6. The molecule has 1 aromatic carbocycles. The second-order valence-electron chi connectivity index (χ2n) is 5.34. The van der Waals surface area contributed by atoms with Crippen molar-refractivity contribution in [2.75, 3.05) is 7.05 Å². The topological polar surface area (TPSA) is 29.1 Å². The fraction of sp³-hybridized carbons (Fsp3) is 0.421. The Labute approximate surface area is 129 Å². The molecule has 1 aromatic rings. The van der Waals surface area contributed by atoms with Gasteiger partial charge < -0.3 is 5.32 Å². The SMILES string of the molecule is CC/C=C(/C=C(/Cc1ccccc1)C(C)CC)C(=O)NC. The van der Waals surface area contributed by atoms with E-state index >= 15 is 0 Å². The highest BCUT2D eigenvalue weighted by Crippen LogP contribution is 2.21. The van der Waals surface area contributed by atoms with Gasteiger partial charge in [-0.05, 0) is 36.8 Å². The van der Waals surface area contributed by atoms with Crippen LogP contribution in [0.15, 0.2) is 53.6 Å². The van der Waals surface area contributed by atoms with E-state index in [2.05, 4.69) is 56.4 Å². The predicted octanol–water partition coefficient (Wildman–Crippen LogP) is 4.28. The Hall–Kier alpha value is -1.83. The van der Waals surface area contributed by atoms with E-state index in [1.807, 2.05) is 12.1 Å². The van der Waals surface area contributed by atoms with Gasteiger partial charge in [0, 0.05) is 12.6 Å². The first-order valence-electron chi connectivity index (χ1n) is 7.78. The Morgan fingerprint density at radius 3 is 2.43 bits per heavy atom. The smallest absolute Gasteiger partial charge is 0.250 e. The van der Waals surface area contributed by atoms with Gasteiger partial charge in [0.2, 0.25) is 0 Å². The van der Waals surface area contributed by atoms with Crippen molar-refractivity contribution in [1.29, 1.82) is 0 Å². The lowest BCUT2D eigenvalue weighted by Crippen LogP contribution is -2.20. The zero-order chi connectivity index (χ0) is 15.7. The highest BCUT2D eigenvalue weighted by atomic mass is 16.1. The molecule has 0 aliphatic rings. The summed E-state index contributed by atoms with van der Waals surface area (Å²) in [6.45, 7) is 6.46. The standard InChI is InChI=1S/C19H27NO/c1-5-10-17(19(21)20-4)14-18(15(3)6-2)13-16-11-8-7-9-12-16/h7-12,14-15H,5-6,13H2,1-4H3,(H,20,21)/b17-10-,18-14-. The van der Waals surface area contributed by atoms with E-state index in [0.717, 1.165) is 24.8 Å². The highest BCUT2D eigenvalue weighted by Gasteiger charge is 2.11. The molecule has 1 atom stereocenters. The lowest BCUT2D eigenvalue weighted by atomic mass is 9.90. The van der Waals surface area contributed by atoms with Gasteiger partial charge in [0.1, 0.15) is 0 Å². The second-order valence-corrected chi connectivity index (χ2v) is 5.34. The van der Waals surface area contributed by atoms with Gasteiger partial charge in [-0.3, -0.25) is 4.79 Å². The molecule has 0 fully saturated rings. The molecule has 0 aliphatic heterocycles. The van der Waals surface area contributed by atoms with Gasteiger partial charge in [-0.1, -0.05) is 62.8 Å². The third-order valence-electron chi connectivity index (χ3n) is 3.75. The van der Waals surface area contributed by atoms with Crippen molar-refractivity contribution in [3.8, 4) is 0 Å². The summed E-state index contributed by atoms with van der Waals surface area (Å²) in [5.41, 5.74) is 3.37. The number of likely N-dealkylation sites (N-methyl/N-ethyl adjacent to an activating group) is 1. The van der Waals surface area contributed by atoms with Crippen molar-refractivity contribution in [3.05, 3.63) is 59.2 Å². The maximum atomic E-state index is 12.0. The normalized spacial score (nSPS) is 13.9. The maximum Gasteiger partial charge on any atom is 0.250 e. The molecule has 114 valence electrons. The summed E-state index contributed by atoms with van der Waals surface area (Å²) in [4.78, 5) is 12.0. The summed E-state index contributed by atoms with van der Waals surface area (Å²) in [6, 6.07) is 10.4. The van der Waals surface area contributed by atoms with E-state index in [1.165, 1.54) is 11.1 Å². The van der Waals surface area contributed by atoms with E-state index in [9.17, 15) is 4.79 Å². The van der Waals surface area contributed by atoms with Gasteiger partial charge in [-0.25, -0.2) is 0 Å². The van der Waals surface area contributed by atoms with Crippen LogP contribution in [0, 0.1) is 5.92 Å². The summed E-state index contributed by atoms with van der Waals surface area (Å²) in [7, 11) is 1.68. The van der Waals surface area contributed by atoms with Crippen molar-refractivity contribution in [2.24, 2.45) is 5.92 Å². The molecular weight excluding hydrogens is 258 g/mol. The summed E-state index contributed by atoms with van der Waals surface area (Å²) in [5, 5.41) is 2.72. The third kappa shape index (κ3) is 5.58. The Bertz CT molecular complexity index is 500. The molecule has 2 nitrogen and oxygen atoms in total. The van der Waals surface area contributed by atoms with Gasteiger partial charge in [-0.15, -0.1) is 0 Å². The summed E-state index contributed by atoms with van der Waals surface area (Å²) < 4.78 is 0. The predicted molar refractivity (Wildman–Crippen MR) is 90.1 cm³/mol. The number of hydrogen-bond acceptors (Lipinski definition) is 1. The van der Waals surface area contributed by atoms with Crippen molar-refractivity contribution < 1.29 is 4.79 Å². The largest absolute Gasteiger partial charge is 0.355 e.